The molecule has 10 aromatic heterocycles. The van der Waals surface area contributed by atoms with Crippen molar-refractivity contribution in [2.24, 2.45) is 0 Å². The van der Waals surface area contributed by atoms with Crippen molar-refractivity contribution < 1.29 is 8.83 Å². The molecule has 0 saturated heterocycles. The lowest BCUT2D eigenvalue weighted by Crippen LogP contribution is -1.94. The zero-order valence-corrected chi connectivity index (χ0v) is 71.5. The van der Waals surface area contributed by atoms with Crippen LogP contribution in [-0.4, -0.2) is 54.4 Å². The predicted octanol–water partition coefficient (Wildman–Crippen LogP) is 31.4. The van der Waals surface area contributed by atoms with Gasteiger partial charge in [-0.15, -0.1) is 22.7 Å². The molecule has 0 unspecified atom stereocenters. The Bertz CT molecular complexity index is 8410. The molecule has 0 radical (unpaired) electrons. The Balaban J connectivity index is 0.0000000935. The van der Waals surface area contributed by atoms with E-state index in [1.165, 1.54) is 56.6 Å². The number of hydrogen-bond donors (Lipinski definition) is 0. The van der Waals surface area contributed by atoms with E-state index in [0.717, 1.165) is 166 Å². The largest absolute Gasteiger partial charge is 0.456 e. The van der Waals surface area contributed by atoms with E-state index in [0.29, 0.717) is 0 Å². The maximum atomic E-state index is 6.26. The Morgan fingerprint density at radius 2 is 0.571 bits per heavy atom. The van der Waals surface area contributed by atoms with Crippen molar-refractivity contribution in [3.05, 3.63) is 390 Å². The third-order valence-corrected chi connectivity index (χ3v) is 25.7. The first-order chi connectivity index (χ1) is 62.0. The summed E-state index contributed by atoms with van der Waals surface area (Å²) in [5, 5.41) is 18.1. The number of fused-ring (bicyclic) bond motifs is 20. The van der Waals surface area contributed by atoms with Crippen molar-refractivity contribution >= 4 is 241 Å². The van der Waals surface area contributed by atoms with Gasteiger partial charge >= 0.3 is 0 Å². The van der Waals surface area contributed by atoms with Crippen LogP contribution in [0, 0.1) is 0 Å². The fourth-order valence-corrected chi connectivity index (χ4v) is 20.1. The van der Waals surface area contributed by atoms with Gasteiger partial charge in [0, 0.05) is 133 Å². The van der Waals surface area contributed by atoms with Crippen LogP contribution in [0.5, 0.6) is 0 Å². The van der Waals surface area contributed by atoms with Gasteiger partial charge in [0.15, 0.2) is 0 Å². The van der Waals surface area contributed by atoms with Crippen LogP contribution in [0.15, 0.2) is 373 Å². The molecule has 0 fully saturated rings. The number of furan rings is 2. The number of thiophene rings is 2. The average molecular weight is 1760 g/mol. The SMILES string of the molecule is Clc1nc(-c2ccc3c4ccccc4n(-c4ccccc4)c3c2)c2ccccc2n1.Clc1nc(-c2ccc3oc4ccccc4c3c2)c2ccccc2n1.Clc1nc(-c2ccc3sc4ccccc4c3c2)c2ccccc2n1.Clc1nc(-c2cccc3c2oc2ccccc23)c2ccccc2n1.Clc1nc(-c2cccc3c2sc2ccccc23)c2ccccc2n1. The highest BCUT2D eigenvalue weighted by Crippen LogP contribution is 2.45. The van der Waals surface area contributed by atoms with E-state index in [2.05, 4.69) is 230 Å². The lowest BCUT2D eigenvalue weighted by atomic mass is 10.0. The summed E-state index contributed by atoms with van der Waals surface area (Å²) in [5.41, 5.74) is 20.4. The molecule has 10 heterocycles. The molecule has 0 saturated carbocycles. The summed E-state index contributed by atoms with van der Waals surface area (Å²) in [4.78, 5) is 44.2. The fraction of sp³-hybridized carbons (Fsp3) is 0. The highest BCUT2D eigenvalue weighted by Gasteiger charge is 2.22. The van der Waals surface area contributed by atoms with Crippen molar-refractivity contribution in [1.82, 2.24) is 54.4 Å². The molecule has 0 aliphatic carbocycles. The van der Waals surface area contributed by atoms with Crippen LogP contribution in [0.1, 0.15) is 0 Å². The first-order valence-electron chi connectivity index (χ1n) is 40.4. The van der Waals surface area contributed by atoms with E-state index in [1.54, 1.807) is 11.3 Å². The molecule has 26 aromatic rings. The second-order valence-electron chi connectivity index (χ2n) is 29.9. The van der Waals surface area contributed by atoms with Crippen LogP contribution >= 0.6 is 80.7 Å². The van der Waals surface area contributed by atoms with E-state index in [4.69, 9.17) is 66.8 Å². The van der Waals surface area contributed by atoms with Gasteiger partial charge in [0.1, 0.15) is 22.3 Å². The number of halogens is 5. The maximum absolute atomic E-state index is 6.26. The Hall–Kier alpha value is -14.5. The van der Waals surface area contributed by atoms with Crippen molar-refractivity contribution in [2.75, 3.05) is 0 Å². The van der Waals surface area contributed by atoms with E-state index in [-0.39, 0.29) is 26.4 Å². The first-order valence-corrected chi connectivity index (χ1v) is 43.9. The predicted molar refractivity (Wildman–Crippen MR) is 525 cm³/mol. The molecule has 0 N–H and O–H groups in total. The fourth-order valence-electron chi connectivity index (χ4n) is 16.9. The summed E-state index contributed by atoms with van der Waals surface area (Å²) in [6.45, 7) is 0. The minimum atomic E-state index is 0.233. The van der Waals surface area contributed by atoms with Gasteiger partial charge in [0.2, 0.25) is 26.4 Å². The van der Waals surface area contributed by atoms with Gasteiger partial charge < -0.3 is 13.4 Å². The monoisotopic (exact) mass is 1760 g/mol. The van der Waals surface area contributed by atoms with Crippen LogP contribution in [0.2, 0.25) is 26.4 Å². The molecule has 16 aromatic carbocycles. The summed E-state index contributed by atoms with van der Waals surface area (Å²) < 4.78 is 19.4. The molecule has 0 atom stereocenters. The third kappa shape index (κ3) is 14.5. The summed E-state index contributed by atoms with van der Waals surface area (Å²) in [6, 6.07) is 123. The first kappa shape index (κ1) is 77.6. The van der Waals surface area contributed by atoms with Gasteiger partial charge in [-0.2, -0.15) is 0 Å². The molecule has 126 heavy (non-hydrogen) atoms. The average Bonchev–Trinajstić information content (AvgIpc) is 1.58. The summed E-state index contributed by atoms with van der Waals surface area (Å²) in [7, 11) is 0. The number of aromatic nitrogens is 11. The molecule has 0 spiro atoms. The molecular weight excluding hydrogens is 1700 g/mol. The number of benzene rings is 16. The normalized spacial score (nSPS) is 11.5. The molecule has 0 bridgehead atoms. The van der Waals surface area contributed by atoms with Gasteiger partial charge in [0.25, 0.3) is 0 Å². The molecule has 0 aliphatic heterocycles. The van der Waals surface area contributed by atoms with E-state index in [1.807, 2.05) is 199 Å². The Labute approximate surface area is 750 Å². The lowest BCUT2D eigenvalue weighted by Gasteiger charge is -2.10. The summed E-state index contributed by atoms with van der Waals surface area (Å²) >= 11 is 34.5. The number of nitrogens with zero attached hydrogens (tertiary/aromatic N) is 11. The zero-order valence-electron chi connectivity index (χ0n) is 66.1. The van der Waals surface area contributed by atoms with Crippen molar-refractivity contribution in [3.8, 4) is 62.0 Å². The van der Waals surface area contributed by atoms with Crippen LogP contribution < -0.4 is 0 Å². The standard InChI is InChI=1S/C26H16ClN3.2C20H11ClN2O.2C20H11ClN2S/c27-26-28-22-12-6-4-11-21(22)25(29-26)17-14-15-20-19-10-5-7-13-23(19)30(24(20)16-17)18-8-2-1-3-9-18;21-20-22-16-10-3-1-7-14(16)18(23-20)15-9-5-8-13-12-6-2-4-11-17(12)24-19(13)15;21-20-22-16-7-3-1-6-14(16)19(23-20)12-9-10-18-15(11-12)13-5-2-4-8-17(13)24-18;21-20-22-16-10-3-1-7-14(16)18(23-20)15-9-5-8-13-12-6-2-4-11-17(12)24-19(13)15;21-20-22-16-7-3-1-6-14(16)19(23-20)12-9-10-18-15(11-12)13-5-2-4-8-17(13)24-18/h1-16H;4*1-11H. The zero-order chi connectivity index (χ0) is 84.5. The number of hydrogen-bond acceptors (Lipinski definition) is 14. The summed E-state index contributed by atoms with van der Waals surface area (Å²) in [5.74, 6) is 0. The van der Waals surface area contributed by atoms with E-state index < -0.39 is 0 Å². The topological polar surface area (TPSA) is 160 Å². The van der Waals surface area contributed by atoms with Crippen molar-refractivity contribution in [2.45, 2.75) is 0 Å². The minimum absolute atomic E-state index is 0.233. The van der Waals surface area contributed by atoms with Crippen LogP contribution in [0.4, 0.5) is 0 Å². The Morgan fingerprint density at radius 1 is 0.214 bits per heavy atom. The highest BCUT2D eigenvalue weighted by molar-refractivity contribution is 7.26. The number of para-hydroxylation sites is 10. The highest BCUT2D eigenvalue weighted by atomic mass is 35.5. The third-order valence-electron chi connectivity index (χ3n) is 22.5. The lowest BCUT2D eigenvalue weighted by molar-refractivity contribution is 0.669. The molecule has 26 rings (SSSR count). The molecular formula is C106H60Cl5N11O2S2. The minimum Gasteiger partial charge on any atom is -0.456 e. The quantitative estimate of drug-likeness (QED) is 0.145. The van der Waals surface area contributed by atoms with Gasteiger partial charge in [-0.25, -0.2) is 49.8 Å². The molecule has 0 aliphatic rings. The maximum Gasteiger partial charge on any atom is 0.223 e. The van der Waals surface area contributed by atoms with E-state index in [9.17, 15) is 0 Å². The summed E-state index contributed by atoms with van der Waals surface area (Å²) in [6.07, 6.45) is 0. The van der Waals surface area contributed by atoms with Crippen LogP contribution in [0.3, 0.4) is 0 Å². The molecule has 13 nitrogen and oxygen atoms in total. The Morgan fingerprint density at radius 3 is 1.13 bits per heavy atom. The molecule has 0 amide bonds. The Kier molecular flexibility index (Phi) is 20.3. The smallest absolute Gasteiger partial charge is 0.223 e. The second-order valence-corrected chi connectivity index (χ2v) is 33.7. The van der Waals surface area contributed by atoms with Gasteiger partial charge in [-0.1, -0.05) is 249 Å². The van der Waals surface area contributed by atoms with Crippen LogP contribution in [0.25, 0.3) is 223 Å². The van der Waals surface area contributed by atoms with Crippen molar-refractivity contribution in [1.29, 1.82) is 0 Å². The number of rotatable bonds is 6. The van der Waals surface area contributed by atoms with E-state index >= 15 is 0 Å². The second kappa shape index (κ2) is 33.0. The van der Waals surface area contributed by atoms with Crippen molar-refractivity contribution in [3.63, 3.8) is 0 Å². The van der Waals surface area contributed by atoms with Gasteiger partial charge in [0.05, 0.1) is 67.1 Å². The van der Waals surface area contributed by atoms with Crippen LogP contribution in [-0.2, 0) is 0 Å². The van der Waals surface area contributed by atoms with Gasteiger partial charge in [-0.3, -0.25) is 0 Å². The molecule has 598 valence electrons. The molecule has 20 heteroatoms. The van der Waals surface area contributed by atoms with Gasteiger partial charge in [-0.05, 0) is 173 Å².